The van der Waals surface area contributed by atoms with Gasteiger partial charge in [-0.05, 0) is 30.3 Å². The summed E-state index contributed by atoms with van der Waals surface area (Å²) in [5, 5.41) is 1.11. The summed E-state index contributed by atoms with van der Waals surface area (Å²) in [7, 11) is -3.24. The third-order valence-corrected chi connectivity index (χ3v) is 4.06. The fraction of sp³-hybridized carbons (Fsp3) is 0.250. The monoisotopic (exact) mass is 269 g/mol. The van der Waals surface area contributed by atoms with Crippen LogP contribution in [-0.2, 0) is 14.6 Å². The number of carbonyl (C=O) groups is 1. The lowest BCUT2D eigenvalue weighted by molar-refractivity contribution is -0.116. The molecule has 0 spiro atoms. The average Bonchev–Trinajstić information content (AvgIpc) is 2.61. The highest BCUT2D eigenvalue weighted by Gasteiger charge is 2.29. The number of carbonyl (C=O) groups excluding carboxylic acids is 1. The molecule has 0 saturated heterocycles. The van der Waals surface area contributed by atoms with E-state index in [1.807, 2.05) is 0 Å². The van der Waals surface area contributed by atoms with E-state index in [0.29, 0.717) is 5.69 Å². The Bertz CT molecular complexity index is 592. The van der Waals surface area contributed by atoms with Crippen molar-refractivity contribution in [3.63, 3.8) is 0 Å². The lowest BCUT2D eigenvalue weighted by Gasteiger charge is -2.26. The first-order chi connectivity index (χ1) is 8.39. The molecule has 1 aliphatic heterocycles. The molecule has 0 radical (unpaired) electrons. The van der Waals surface area contributed by atoms with Crippen molar-refractivity contribution in [2.24, 2.45) is 0 Å². The van der Waals surface area contributed by atoms with Gasteiger partial charge in [-0.15, -0.1) is 0 Å². The molecule has 0 N–H and O–H groups in total. The topological polar surface area (TPSA) is 54.5 Å². The van der Waals surface area contributed by atoms with E-state index in [9.17, 15) is 17.6 Å². The minimum atomic E-state index is -3.24. The molecule has 0 fully saturated rings. The summed E-state index contributed by atoms with van der Waals surface area (Å²) in [6.07, 6.45) is 1.47. The largest absolute Gasteiger partial charge is 0.305 e. The standard InChI is InChI=1S/C12H12FNO3S/c1-9(15)14(11-4-2-10(13)3-5-11)12-6-7-18(16,17)8-12/h2-7,12H,8H2,1H3/t12-/m0/s1. The Hall–Kier alpha value is -1.69. The first kappa shape index (κ1) is 12.8. The van der Waals surface area contributed by atoms with Crippen LogP contribution in [0.15, 0.2) is 35.7 Å². The van der Waals surface area contributed by atoms with Crippen LogP contribution in [0.1, 0.15) is 6.92 Å². The van der Waals surface area contributed by atoms with E-state index in [1.165, 1.54) is 42.2 Å². The highest BCUT2D eigenvalue weighted by molar-refractivity contribution is 7.94. The normalized spacial score (nSPS) is 20.9. The molecule has 18 heavy (non-hydrogen) atoms. The van der Waals surface area contributed by atoms with Gasteiger partial charge in [0.05, 0.1) is 11.8 Å². The third kappa shape index (κ3) is 2.59. The molecule has 2 rings (SSSR count). The highest BCUT2D eigenvalue weighted by atomic mass is 32.2. The molecule has 0 aliphatic carbocycles. The lowest BCUT2D eigenvalue weighted by Crippen LogP contribution is -2.39. The van der Waals surface area contributed by atoms with Crippen LogP contribution in [0.3, 0.4) is 0 Å². The summed E-state index contributed by atoms with van der Waals surface area (Å²) < 4.78 is 35.6. The summed E-state index contributed by atoms with van der Waals surface area (Å²) in [6.45, 7) is 1.35. The number of benzene rings is 1. The molecule has 0 saturated carbocycles. The number of rotatable bonds is 2. The van der Waals surface area contributed by atoms with Gasteiger partial charge >= 0.3 is 0 Å². The van der Waals surface area contributed by atoms with E-state index in [-0.39, 0.29) is 11.7 Å². The molecule has 1 aromatic carbocycles. The zero-order chi connectivity index (χ0) is 13.3. The maximum atomic E-state index is 12.8. The molecule has 1 heterocycles. The molecule has 6 heteroatoms. The van der Waals surface area contributed by atoms with E-state index in [2.05, 4.69) is 0 Å². The Morgan fingerprint density at radius 3 is 2.39 bits per heavy atom. The van der Waals surface area contributed by atoms with E-state index in [0.717, 1.165) is 5.41 Å². The Morgan fingerprint density at radius 1 is 1.33 bits per heavy atom. The van der Waals surface area contributed by atoms with Gasteiger partial charge in [0.1, 0.15) is 5.82 Å². The van der Waals surface area contributed by atoms with Crippen molar-refractivity contribution < 1.29 is 17.6 Å². The Morgan fingerprint density at radius 2 is 1.94 bits per heavy atom. The average molecular weight is 269 g/mol. The summed E-state index contributed by atoms with van der Waals surface area (Å²) >= 11 is 0. The fourth-order valence-corrected chi connectivity index (χ4v) is 3.20. The van der Waals surface area contributed by atoms with Crippen molar-refractivity contribution in [1.29, 1.82) is 0 Å². The van der Waals surface area contributed by atoms with Crippen LogP contribution in [0.2, 0.25) is 0 Å². The number of nitrogens with zero attached hydrogens (tertiary/aromatic N) is 1. The van der Waals surface area contributed by atoms with Crippen molar-refractivity contribution in [2.45, 2.75) is 13.0 Å². The quantitative estimate of drug-likeness (QED) is 0.817. The van der Waals surface area contributed by atoms with Gasteiger partial charge in [-0.2, -0.15) is 0 Å². The number of anilines is 1. The van der Waals surface area contributed by atoms with Crippen molar-refractivity contribution >= 4 is 21.4 Å². The first-order valence-electron chi connectivity index (χ1n) is 5.35. The van der Waals surface area contributed by atoms with E-state index in [1.54, 1.807) is 0 Å². The van der Waals surface area contributed by atoms with Crippen LogP contribution in [0, 0.1) is 5.82 Å². The molecule has 0 bridgehead atoms. The van der Waals surface area contributed by atoms with Gasteiger partial charge < -0.3 is 4.90 Å². The van der Waals surface area contributed by atoms with Crippen LogP contribution in [0.5, 0.6) is 0 Å². The zero-order valence-corrected chi connectivity index (χ0v) is 10.5. The number of amides is 1. The van der Waals surface area contributed by atoms with Crippen molar-refractivity contribution in [3.8, 4) is 0 Å². The van der Waals surface area contributed by atoms with Crippen LogP contribution in [0.25, 0.3) is 0 Å². The lowest BCUT2D eigenvalue weighted by atomic mass is 10.2. The van der Waals surface area contributed by atoms with Gasteiger partial charge in [0, 0.05) is 18.0 Å². The van der Waals surface area contributed by atoms with Crippen LogP contribution >= 0.6 is 0 Å². The molecular formula is C12H12FNO3S. The van der Waals surface area contributed by atoms with E-state index < -0.39 is 21.7 Å². The number of hydrogen-bond acceptors (Lipinski definition) is 3. The molecule has 1 aliphatic rings. The van der Waals surface area contributed by atoms with E-state index in [4.69, 9.17) is 0 Å². The van der Waals surface area contributed by atoms with Crippen LogP contribution in [-0.4, -0.2) is 26.1 Å². The van der Waals surface area contributed by atoms with Gasteiger partial charge in [-0.25, -0.2) is 12.8 Å². The molecule has 1 aromatic rings. The number of halogens is 1. The van der Waals surface area contributed by atoms with Crippen LogP contribution < -0.4 is 4.90 Å². The Labute approximate surface area is 105 Å². The predicted molar refractivity (Wildman–Crippen MR) is 66.3 cm³/mol. The van der Waals surface area contributed by atoms with Gasteiger partial charge in [0.2, 0.25) is 5.91 Å². The van der Waals surface area contributed by atoms with Crippen molar-refractivity contribution in [3.05, 3.63) is 41.6 Å². The number of hydrogen-bond donors (Lipinski definition) is 0. The predicted octanol–water partition coefficient (Wildman–Crippen LogP) is 1.49. The summed E-state index contributed by atoms with van der Waals surface area (Å²) in [5.74, 6) is -0.825. The SMILES string of the molecule is CC(=O)N(c1ccc(F)cc1)[C@H]1C=CS(=O)(=O)C1. The Kier molecular flexibility index (Phi) is 3.21. The minimum Gasteiger partial charge on any atom is -0.305 e. The van der Waals surface area contributed by atoms with Crippen molar-refractivity contribution in [1.82, 2.24) is 0 Å². The van der Waals surface area contributed by atoms with E-state index >= 15 is 0 Å². The minimum absolute atomic E-state index is 0.135. The molecule has 0 unspecified atom stereocenters. The second kappa shape index (κ2) is 4.53. The van der Waals surface area contributed by atoms with Crippen LogP contribution in [0.4, 0.5) is 10.1 Å². The molecule has 96 valence electrons. The molecule has 1 atom stereocenters. The third-order valence-electron chi connectivity index (χ3n) is 2.69. The molecule has 1 amide bonds. The zero-order valence-electron chi connectivity index (χ0n) is 9.71. The van der Waals surface area contributed by atoms with Gasteiger partial charge in [0.15, 0.2) is 9.84 Å². The van der Waals surface area contributed by atoms with Crippen molar-refractivity contribution in [2.75, 3.05) is 10.7 Å². The van der Waals surface area contributed by atoms with Gasteiger partial charge in [0.25, 0.3) is 0 Å². The molecule has 4 nitrogen and oxygen atoms in total. The second-order valence-electron chi connectivity index (χ2n) is 4.09. The highest BCUT2D eigenvalue weighted by Crippen LogP contribution is 2.23. The molecular weight excluding hydrogens is 257 g/mol. The maximum absolute atomic E-state index is 12.8. The van der Waals surface area contributed by atoms with Gasteiger partial charge in [-0.1, -0.05) is 0 Å². The maximum Gasteiger partial charge on any atom is 0.224 e. The molecule has 0 aromatic heterocycles. The summed E-state index contributed by atoms with van der Waals surface area (Å²) in [4.78, 5) is 13.0. The fourth-order valence-electron chi connectivity index (χ4n) is 1.93. The smallest absolute Gasteiger partial charge is 0.224 e. The summed E-state index contributed by atoms with van der Waals surface area (Å²) in [6, 6.07) is 4.85. The van der Waals surface area contributed by atoms with Gasteiger partial charge in [-0.3, -0.25) is 4.79 Å². The Balaban J connectivity index is 2.33. The number of sulfone groups is 1. The second-order valence-corrected chi connectivity index (χ2v) is 6.02. The first-order valence-corrected chi connectivity index (χ1v) is 7.07. The summed E-state index contributed by atoms with van der Waals surface area (Å²) in [5.41, 5.74) is 0.482.